The van der Waals surface area contributed by atoms with Crippen molar-refractivity contribution in [1.29, 1.82) is 0 Å². The van der Waals surface area contributed by atoms with Gasteiger partial charge in [0, 0.05) is 11.8 Å². The average Bonchev–Trinajstić information content (AvgIpc) is 2.58. The second-order valence-corrected chi connectivity index (χ2v) is 7.14. The Morgan fingerprint density at radius 1 is 1.19 bits per heavy atom. The number of benzene rings is 1. The largest absolute Gasteiger partial charge is 0.479 e. The maximum absolute atomic E-state index is 12.3. The van der Waals surface area contributed by atoms with E-state index in [9.17, 15) is 14.7 Å². The van der Waals surface area contributed by atoms with Gasteiger partial charge in [0.2, 0.25) is 5.88 Å². The molecule has 1 unspecified atom stereocenters. The maximum atomic E-state index is 12.3. The van der Waals surface area contributed by atoms with E-state index >= 15 is 0 Å². The number of carboxylic acid groups (broad SMARTS) is 1. The molecule has 7 nitrogen and oxygen atoms in total. The van der Waals surface area contributed by atoms with E-state index in [0.717, 1.165) is 5.69 Å². The first-order valence-electron chi connectivity index (χ1n) is 8.44. The van der Waals surface area contributed by atoms with Crippen LogP contribution >= 0.6 is 0 Å². The fraction of sp³-hybridized carbons (Fsp3) is 0.300. The number of ether oxygens (including phenoxy) is 1. The molecule has 0 bridgehead atoms. The molecule has 0 radical (unpaired) electrons. The Labute approximate surface area is 158 Å². The highest BCUT2D eigenvalue weighted by molar-refractivity contribution is 5.97. The number of nitrogens with one attached hydrogen (secondary N) is 1. The highest BCUT2D eigenvalue weighted by Gasteiger charge is 2.19. The van der Waals surface area contributed by atoms with Crippen molar-refractivity contribution in [3.05, 3.63) is 60.1 Å². The van der Waals surface area contributed by atoms with Gasteiger partial charge in [-0.3, -0.25) is 9.78 Å². The SMILES string of the molecule is Cc1cncc(Oc2ccc(C(=O)NC(/C=C/C(C)(C)C)C(=O)O)cc2)n1. The van der Waals surface area contributed by atoms with E-state index in [1.807, 2.05) is 20.8 Å². The highest BCUT2D eigenvalue weighted by Crippen LogP contribution is 2.19. The molecule has 7 heteroatoms. The summed E-state index contributed by atoms with van der Waals surface area (Å²) < 4.78 is 5.58. The van der Waals surface area contributed by atoms with Crippen LogP contribution in [-0.2, 0) is 4.79 Å². The van der Waals surface area contributed by atoms with Gasteiger partial charge in [-0.2, -0.15) is 0 Å². The Balaban J connectivity index is 2.05. The molecule has 1 aromatic carbocycles. The molecule has 27 heavy (non-hydrogen) atoms. The van der Waals surface area contributed by atoms with Crippen LogP contribution in [0.3, 0.4) is 0 Å². The van der Waals surface area contributed by atoms with Crippen molar-refractivity contribution in [1.82, 2.24) is 15.3 Å². The minimum Gasteiger partial charge on any atom is -0.479 e. The number of nitrogens with zero attached hydrogens (tertiary/aromatic N) is 2. The summed E-state index contributed by atoms with van der Waals surface area (Å²) in [5, 5.41) is 11.8. The summed E-state index contributed by atoms with van der Waals surface area (Å²) in [6.45, 7) is 7.64. The molecule has 0 fully saturated rings. The van der Waals surface area contributed by atoms with E-state index in [0.29, 0.717) is 17.2 Å². The van der Waals surface area contributed by atoms with Crippen LogP contribution in [0.5, 0.6) is 11.6 Å². The predicted octanol–water partition coefficient (Wildman–Crippen LogP) is 3.36. The van der Waals surface area contributed by atoms with Gasteiger partial charge in [0.05, 0.1) is 11.9 Å². The average molecular weight is 369 g/mol. The van der Waals surface area contributed by atoms with Gasteiger partial charge in [0.1, 0.15) is 11.8 Å². The Kier molecular flexibility index (Phi) is 6.28. The third kappa shape index (κ3) is 6.54. The van der Waals surface area contributed by atoms with Gasteiger partial charge in [0.25, 0.3) is 5.91 Å². The summed E-state index contributed by atoms with van der Waals surface area (Å²) in [6, 6.07) is 5.23. The number of carbonyl (C=O) groups excluding carboxylic acids is 1. The smallest absolute Gasteiger partial charge is 0.330 e. The Morgan fingerprint density at radius 3 is 2.41 bits per heavy atom. The van der Waals surface area contributed by atoms with Gasteiger partial charge in [-0.15, -0.1) is 0 Å². The zero-order valence-electron chi connectivity index (χ0n) is 15.8. The van der Waals surface area contributed by atoms with E-state index in [1.165, 1.54) is 12.3 Å². The lowest BCUT2D eigenvalue weighted by molar-refractivity contribution is -0.137. The number of rotatable bonds is 6. The molecule has 2 N–H and O–H groups in total. The Morgan fingerprint density at radius 2 is 1.85 bits per heavy atom. The quantitative estimate of drug-likeness (QED) is 0.757. The molecule has 0 saturated carbocycles. The second kappa shape index (κ2) is 8.44. The van der Waals surface area contributed by atoms with Crippen molar-refractivity contribution in [2.24, 2.45) is 5.41 Å². The number of hydrogen-bond acceptors (Lipinski definition) is 5. The standard InChI is InChI=1S/C20H23N3O4/c1-13-11-21-12-17(22-13)27-15-7-5-14(6-8-15)18(24)23-16(19(25)26)9-10-20(2,3)4/h5-12,16H,1-4H3,(H,23,24)(H,25,26)/b10-9+. The number of hydrogen-bond donors (Lipinski definition) is 2. The van der Waals surface area contributed by atoms with Crippen LogP contribution in [0.25, 0.3) is 0 Å². The van der Waals surface area contributed by atoms with Gasteiger partial charge in [-0.05, 0) is 36.6 Å². The van der Waals surface area contributed by atoms with Crippen molar-refractivity contribution in [3.63, 3.8) is 0 Å². The summed E-state index contributed by atoms with van der Waals surface area (Å²) in [5.74, 6) is -0.760. The minimum absolute atomic E-state index is 0.184. The lowest BCUT2D eigenvalue weighted by Crippen LogP contribution is -2.39. The van der Waals surface area contributed by atoms with Crippen LogP contribution < -0.4 is 10.1 Å². The molecule has 0 saturated heterocycles. The van der Waals surface area contributed by atoms with Gasteiger partial charge in [-0.1, -0.05) is 32.9 Å². The third-order valence-corrected chi connectivity index (χ3v) is 3.41. The van der Waals surface area contributed by atoms with Crippen LogP contribution in [0.4, 0.5) is 0 Å². The Bertz CT molecular complexity index is 839. The molecule has 1 heterocycles. The molecule has 0 aliphatic carbocycles. The van der Waals surface area contributed by atoms with Gasteiger partial charge < -0.3 is 15.2 Å². The molecule has 0 aliphatic rings. The number of aryl methyl sites for hydroxylation is 1. The fourth-order valence-electron chi connectivity index (χ4n) is 2.09. The molecule has 1 amide bonds. The first kappa shape index (κ1) is 20.1. The van der Waals surface area contributed by atoms with Crippen molar-refractivity contribution in [2.75, 3.05) is 0 Å². The van der Waals surface area contributed by atoms with Crippen molar-refractivity contribution < 1.29 is 19.4 Å². The normalized spacial score (nSPS) is 12.6. The van der Waals surface area contributed by atoms with Gasteiger partial charge in [0.15, 0.2) is 0 Å². The molecule has 1 aromatic heterocycles. The maximum Gasteiger partial charge on any atom is 0.330 e. The van der Waals surface area contributed by atoms with Crippen molar-refractivity contribution in [2.45, 2.75) is 33.7 Å². The summed E-state index contributed by atoms with van der Waals surface area (Å²) in [4.78, 5) is 31.9. The second-order valence-electron chi connectivity index (χ2n) is 7.14. The first-order chi connectivity index (χ1) is 12.6. The molecule has 0 spiro atoms. The molecule has 142 valence electrons. The molecular weight excluding hydrogens is 346 g/mol. The fourth-order valence-corrected chi connectivity index (χ4v) is 2.09. The summed E-state index contributed by atoms with van der Waals surface area (Å²) in [7, 11) is 0. The van der Waals surface area contributed by atoms with E-state index in [1.54, 1.807) is 43.5 Å². The predicted molar refractivity (Wildman–Crippen MR) is 101 cm³/mol. The van der Waals surface area contributed by atoms with E-state index in [-0.39, 0.29) is 5.41 Å². The monoisotopic (exact) mass is 369 g/mol. The summed E-state index contributed by atoms with van der Waals surface area (Å²) in [6.07, 6.45) is 6.35. The van der Waals surface area contributed by atoms with Crippen LogP contribution in [0.15, 0.2) is 48.8 Å². The van der Waals surface area contributed by atoms with Crippen molar-refractivity contribution in [3.8, 4) is 11.6 Å². The number of carbonyl (C=O) groups is 2. The highest BCUT2D eigenvalue weighted by atomic mass is 16.5. The van der Waals surface area contributed by atoms with Crippen LogP contribution in [-0.4, -0.2) is 33.0 Å². The molecule has 2 aromatic rings. The number of amides is 1. The van der Waals surface area contributed by atoms with Crippen LogP contribution in [0.2, 0.25) is 0 Å². The number of aromatic nitrogens is 2. The molecular formula is C20H23N3O4. The first-order valence-corrected chi connectivity index (χ1v) is 8.44. The summed E-state index contributed by atoms with van der Waals surface area (Å²) in [5.41, 5.74) is 0.871. The van der Waals surface area contributed by atoms with Gasteiger partial charge >= 0.3 is 5.97 Å². The number of carboxylic acids is 1. The molecule has 0 aliphatic heterocycles. The number of aliphatic carboxylic acids is 1. The topological polar surface area (TPSA) is 101 Å². The third-order valence-electron chi connectivity index (χ3n) is 3.41. The molecule has 1 atom stereocenters. The zero-order chi connectivity index (χ0) is 20.0. The molecule has 2 rings (SSSR count). The van der Waals surface area contributed by atoms with Crippen molar-refractivity contribution >= 4 is 11.9 Å². The lowest BCUT2D eigenvalue weighted by Gasteiger charge is -2.15. The van der Waals surface area contributed by atoms with Gasteiger partial charge in [-0.25, -0.2) is 9.78 Å². The van der Waals surface area contributed by atoms with E-state index in [2.05, 4.69) is 15.3 Å². The Hall–Kier alpha value is -3.22. The van der Waals surface area contributed by atoms with Crippen LogP contribution in [0, 0.1) is 12.3 Å². The zero-order valence-corrected chi connectivity index (χ0v) is 15.8. The lowest BCUT2D eigenvalue weighted by atomic mass is 9.95. The van der Waals surface area contributed by atoms with E-state index in [4.69, 9.17) is 4.74 Å². The number of allylic oxidation sites excluding steroid dienone is 1. The minimum atomic E-state index is -1.12. The van der Waals surface area contributed by atoms with E-state index < -0.39 is 17.9 Å². The van der Waals surface area contributed by atoms with Crippen LogP contribution in [0.1, 0.15) is 36.8 Å². The summed E-state index contributed by atoms with van der Waals surface area (Å²) >= 11 is 0.